The van der Waals surface area contributed by atoms with Gasteiger partial charge in [0, 0.05) is 10.3 Å². The van der Waals surface area contributed by atoms with Gasteiger partial charge in [-0.15, -0.1) is 0 Å². The zero-order valence-corrected chi connectivity index (χ0v) is 15.1. The van der Waals surface area contributed by atoms with Crippen LogP contribution in [-0.4, -0.2) is 10.8 Å². The second kappa shape index (κ2) is 7.93. The number of hydrogen-bond donors (Lipinski definition) is 1. The van der Waals surface area contributed by atoms with Crippen LogP contribution in [0, 0.1) is 0 Å². The van der Waals surface area contributed by atoms with Gasteiger partial charge in [0.2, 0.25) is 0 Å². The molecule has 0 aliphatic rings. The summed E-state index contributed by atoms with van der Waals surface area (Å²) in [6, 6.07) is 28.5. The minimum Gasteiger partial charge on any atom is -0.452 e. The fraction of sp³-hybridized carbons (Fsp3) is 0. The number of thioether (sulfide) groups is 1. The summed E-state index contributed by atoms with van der Waals surface area (Å²) in [5, 5.41) is 5.55. The average Bonchev–Trinajstić information content (AvgIpc) is 3.16. The number of nitrogens with zero attached hydrogens (tertiary/aromatic N) is 1. The number of benzene rings is 3. The second-order valence-corrected chi connectivity index (χ2v) is 6.85. The first-order valence-electron chi connectivity index (χ1n) is 8.44. The summed E-state index contributed by atoms with van der Waals surface area (Å²) in [7, 11) is 0. The standard InChI is InChI=1S/C22H16N2O2S/c25-21(20-15-16-9-7-8-14-19(16)26-20)22(27-18-12-5-2-6-13-18)24-23-17-10-3-1-4-11-17/h1-15,23H/b24-22-. The maximum absolute atomic E-state index is 13.1. The van der Waals surface area contributed by atoms with Gasteiger partial charge in [-0.25, -0.2) is 0 Å². The van der Waals surface area contributed by atoms with Crippen LogP contribution in [-0.2, 0) is 0 Å². The monoisotopic (exact) mass is 372 g/mol. The molecule has 4 aromatic rings. The summed E-state index contributed by atoms with van der Waals surface area (Å²) < 4.78 is 5.73. The number of carbonyl (C=O) groups excluding carboxylic acids is 1. The van der Waals surface area contributed by atoms with Gasteiger partial charge in [0.1, 0.15) is 5.58 Å². The molecule has 0 bridgehead atoms. The van der Waals surface area contributed by atoms with Crippen LogP contribution in [0.3, 0.4) is 0 Å². The van der Waals surface area contributed by atoms with E-state index in [0.29, 0.717) is 10.6 Å². The van der Waals surface area contributed by atoms with Crippen molar-refractivity contribution in [3.8, 4) is 0 Å². The summed E-state index contributed by atoms with van der Waals surface area (Å²) >= 11 is 1.30. The van der Waals surface area contributed by atoms with Crippen LogP contribution in [0.15, 0.2) is 105 Å². The van der Waals surface area contributed by atoms with Gasteiger partial charge in [-0.05, 0) is 36.4 Å². The van der Waals surface area contributed by atoms with Crippen LogP contribution in [0.2, 0.25) is 0 Å². The highest BCUT2D eigenvalue weighted by Gasteiger charge is 2.20. The molecular weight excluding hydrogens is 356 g/mol. The minimum atomic E-state index is -0.261. The number of hydrogen-bond acceptors (Lipinski definition) is 5. The highest BCUT2D eigenvalue weighted by Crippen LogP contribution is 2.25. The van der Waals surface area contributed by atoms with Crippen molar-refractivity contribution in [3.63, 3.8) is 0 Å². The van der Waals surface area contributed by atoms with Crippen molar-refractivity contribution in [2.24, 2.45) is 5.10 Å². The molecule has 0 aliphatic heterocycles. The van der Waals surface area contributed by atoms with Crippen molar-refractivity contribution < 1.29 is 9.21 Å². The first-order chi connectivity index (χ1) is 13.3. The molecular formula is C22H16N2O2S. The summed E-state index contributed by atoms with van der Waals surface area (Å²) in [6.07, 6.45) is 0. The lowest BCUT2D eigenvalue weighted by Crippen LogP contribution is -2.12. The van der Waals surface area contributed by atoms with Crippen molar-refractivity contribution in [1.82, 2.24) is 0 Å². The molecule has 0 radical (unpaired) electrons. The Bertz CT molecular complexity index is 1060. The number of furan rings is 1. The van der Waals surface area contributed by atoms with Crippen LogP contribution >= 0.6 is 11.8 Å². The summed E-state index contributed by atoms with van der Waals surface area (Å²) in [4.78, 5) is 14.0. The zero-order valence-electron chi connectivity index (χ0n) is 14.3. The molecule has 132 valence electrons. The van der Waals surface area contributed by atoms with E-state index in [0.717, 1.165) is 16.0 Å². The second-order valence-electron chi connectivity index (χ2n) is 5.79. The topological polar surface area (TPSA) is 54.6 Å². The van der Waals surface area contributed by atoms with Gasteiger partial charge in [-0.2, -0.15) is 5.10 Å². The predicted octanol–water partition coefficient (Wildman–Crippen LogP) is 5.83. The van der Waals surface area contributed by atoms with Gasteiger partial charge in [0.15, 0.2) is 10.8 Å². The number of para-hydroxylation sites is 2. The highest BCUT2D eigenvalue weighted by molar-refractivity contribution is 8.15. The van der Waals surface area contributed by atoms with Crippen molar-refractivity contribution in [1.29, 1.82) is 0 Å². The van der Waals surface area contributed by atoms with Crippen LogP contribution in [0.1, 0.15) is 10.6 Å². The molecule has 4 rings (SSSR count). The van der Waals surface area contributed by atoms with E-state index in [4.69, 9.17) is 4.42 Å². The molecule has 3 aromatic carbocycles. The van der Waals surface area contributed by atoms with Crippen LogP contribution in [0.4, 0.5) is 5.69 Å². The van der Waals surface area contributed by atoms with Crippen LogP contribution in [0.5, 0.6) is 0 Å². The minimum absolute atomic E-state index is 0.261. The smallest absolute Gasteiger partial charge is 0.255 e. The van der Waals surface area contributed by atoms with E-state index in [2.05, 4.69) is 10.5 Å². The number of rotatable bonds is 5. The van der Waals surface area contributed by atoms with Crippen molar-refractivity contribution >= 4 is 39.2 Å². The van der Waals surface area contributed by atoms with Crippen LogP contribution < -0.4 is 5.43 Å². The van der Waals surface area contributed by atoms with Crippen molar-refractivity contribution in [2.45, 2.75) is 4.90 Å². The molecule has 0 atom stereocenters. The summed E-state index contributed by atoms with van der Waals surface area (Å²) in [5.74, 6) is 0.0109. The van der Waals surface area contributed by atoms with Gasteiger partial charge in [0.05, 0.1) is 5.69 Å². The Hall–Kier alpha value is -3.31. The van der Waals surface area contributed by atoms with Crippen LogP contribution in [0.25, 0.3) is 11.0 Å². The lowest BCUT2D eigenvalue weighted by atomic mass is 10.2. The van der Waals surface area contributed by atoms with E-state index >= 15 is 0 Å². The Morgan fingerprint density at radius 3 is 2.26 bits per heavy atom. The Balaban J connectivity index is 1.66. The third-order valence-electron chi connectivity index (χ3n) is 3.86. The molecule has 1 N–H and O–H groups in total. The lowest BCUT2D eigenvalue weighted by molar-refractivity contribution is 0.104. The molecule has 0 saturated carbocycles. The largest absolute Gasteiger partial charge is 0.452 e. The fourth-order valence-electron chi connectivity index (χ4n) is 2.55. The molecule has 0 spiro atoms. The van der Waals surface area contributed by atoms with E-state index < -0.39 is 0 Å². The van der Waals surface area contributed by atoms with E-state index in [9.17, 15) is 4.79 Å². The van der Waals surface area contributed by atoms with Gasteiger partial charge in [0.25, 0.3) is 5.78 Å². The maximum atomic E-state index is 13.1. The Morgan fingerprint density at radius 2 is 1.52 bits per heavy atom. The van der Waals surface area contributed by atoms with Gasteiger partial charge in [-0.1, -0.05) is 66.4 Å². The number of nitrogens with one attached hydrogen (secondary N) is 1. The molecule has 0 fully saturated rings. The van der Waals surface area contributed by atoms with Crippen molar-refractivity contribution in [3.05, 3.63) is 96.8 Å². The number of Topliss-reactive ketones (excluding diaryl/α,β-unsaturated/α-hetero) is 1. The summed E-state index contributed by atoms with van der Waals surface area (Å²) in [6.45, 7) is 0. The van der Waals surface area contributed by atoms with E-state index in [1.807, 2.05) is 84.9 Å². The fourth-order valence-corrected chi connectivity index (χ4v) is 3.35. The molecule has 0 aliphatic carbocycles. The van der Waals surface area contributed by atoms with E-state index in [1.54, 1.807) is 6.07 Å². The number of ketones is 1. The van der Waals surface area contributed by atoms with E-state index in [-0.39, 0.29) is 11.5 Å². The van der Waals surface area contributed by atoms with Gasteiger partial charge >= 0.3 is 0 Å². The number of anilines is 1. The molecule has 27 heavy (non-hydrogen) atoms. The molecule has 0 unspecified atom stereocenters. The SMILES string of the molecule is O=C(/C(=N/Nc1ccccc1)Sc1ccccc1)c1cc2ccccc2o1. The number of fused-ring (bicyclic) bond motifs is 1. The number of carbonyl (C=O) groups is 1. The molecule has 0 amide bonds. The third-order valence-corrected chi connectivity index (χ3v) is 4.84. The number of hydrazone groups is 1. The molecule has 4 nitrogen and oxygen atoms in total. The Kier molecular flexibility index (Phi) is 5.03. The van der Waals surface area contributed by atoms with Crippen molar-refractivity contribution in [2.75, 3.05) is 5.43 Å². The third kappa shape index (κ3) is 4.10. The molecule has 0 saturated heterocycles. The Morgan fingerprint density at radius 1 is 0.852 bits per heavy atom. The Labute approximate surface area is 160 Å². The quantitative estimate of drug-likeness (QED) is 0.157. The highest BCUT2D eigenvalue weighted by atomic mass is 32.2. The predicted molar refractivity (Wildman–Crippen MR) is 110 cm³/mol. The zero-order chi connectivity index (χ0) is 18.5. The first-order valence-corrected chi connectivity index (χ1v) is 9.26. The van der Waals surface area contributed by atoms with Gasteiger partial charge < -0.3 is 4.42 Å². The van der Waals surface area contributed by atoms with E-state index in [1.165, 1.54) is 11.8 Å². The van der Waals surface area contributed by atoms with Gasteiger partial charge in [-0.3, -0.25) is 10.2 Å². The molecule has 5 heteroatoms. The lowest BCUT2D eigenvalue weighted by Gasteiger charge is -2.05. The first kappa shape index (κ1) is 17.1. The normalized spacial score (nSPS) is 11.5. The molecule has 1 aromatic heterocycles. The average molecular weight is 372 g/mol. The maximum Gasteiger partial charge on any atom is 0.255 e. The molecule has 1 heterocycles. The summed E-state index contributed by atoms with van der Waals surface area (Å²) in [5.41, 5.74) is 4.44.